The fourth-order valence-electron chi connectivity index (χ4n) is 3.49. The second-order valence-corrected chi connectivity index (χ2v) is 7.20. The molecular formula is C21H30N2O3. The number of hydrogen-bond donors (Lipinski definition) is 1. The zero-order valence-corrected chi connectivity index (χ0v) is 15.5. The van der Waals surface area contributed by atoms with Crippen LogP contribution in [-0.4, -0.2) is 24.3 Å². The zero-order valence-electron chi connectivity index (χ0n) is 15.5. The molecule has 26 heavy (non-hydrogen) atoms. The van der Waals surface area contributed by atoms with E-state index in [9.17, 15) is 4.79 Å². The van der Waals surface area contributed by atoms with Gasteiger partial charge in [-0.2, -0.15) is 5.10 Å². The summed E-state index contributed by atoms with van der Waals surface area (Å²) in [4.78, 5) is 12.4. The highest BCUT2D eigenvalue weighted by atomic mass is 16.6. The number of nitrogens with one attached hydrogen (secondary N) is 1. The van der Waals surface area contributed by atoms with Crippen molar-refractivity contribution < 1.29 is 14.3 Å². The number of hydrazone groups is 1. The van der Waals surface area contributed by atoms with Gasteiger partial charge < -0.3 is 9.47 Å². The van der Waals surface area contributed by atoms with Gasteiger partial charge in [-0.15, -0.1) is 0 Å². The number of ether oxygens (including phenoxy) is 2. The van der Waals surface area contributed by atoms with Crippen molar-refractivity contribution in [3.8, 4) is 11.5 Å². The Kier molecular flexibility index (Phi) is 7.35. The van der Waals surface area contributed by atoms with Gasteiger partial charge in [0.1, 0.15) is 6.61 Å². The van der Waals surface area contributed by atoms with Crippen LogP contribution in [-0.2, 0) is 4.79 Å². The van der Waals surface area contributed by atoms with E-state index in [0.717, 1.165) is 31.4 Å². The Bertz CT molecular complexity index is 601. The molecule has 1 aromatic carbocycles. The second kappa shape index (κ2) is 10.2. The number of benzene rings is 1. The first-order valence-electron chi connectivity index (χ1n) is 10.1. The predicted octanol–water partition coefficient (Wildman–Crippen LogP) is 4.60. The third-order valence-corrected chi connectivity index (χ3v) is 5.06. The molecule has 1 N–H and O–H groups in total. The van der Waals surface area contributed by atoms with Crippen LogP contribution in [0.15, 0.2) is 29.4 Å². The third-order valence-electron chi connectivity index (χ3n) is 5.06. The van der Waals surface area contributed by atoms with Crippen LogP contribution in [0.5, 0.6) is 11.5 Å². The molecule has 3 rings (SSSR count). The summed E-state index contributed by atoms with van der Waals surface area (Å²) in [5, 5.41) is 4.42. The summed E-state index contributed by atoms with van der Waals surface area (Å²) in [5.74, 6) is 1.05. The number of fused-ring (bicyclic) bond motifs is 1. The number of nitrogens with zero attached hydrogens (tertiary/aromatic N) is 1. The van der Waals surface area contributed by atoms with E-state index in [1.165, 1.54) is 44.9 Å². The minimum atomic E-state index is -0.652. The summed E-state index contributed by atoms with van der Waals surface area (Å²) in [6.45, 7) is 0.216. The number of hydrogen-bond acceptors (Lipinski definition) is 4. The van der Waals surface area contributed by atoms with Crippen molar-refractivity contribution in [2.75, 3.05) is 6.61 Å². The van der Waals surface area contributed by atoms with E-state index in [-0.39, 0.29) is 12.5 Å². The van der Waals surface area contributed by atoms with E-state index in [2.05, 4.69) is 10.5 Å². The lowest BCUT2D eigenvalue weighted by molar-refractivity contribution is -0.130. The monoisotopic (exact) mass is 358 g/mol. The summed E-state index contributed by atoms with van der Waals surface area (Å²) in [6, 6.07) is 7.41. The fourth-order valence-corrected chi connectivity index (χ4v) is 3.49. The van der Waals surface area contributed by atoms with Gasteiger partial charge in [-0.25, -0.2) is 5.43 Å². The quantitative estimate of drug-likeness (QED) is 0.786. The molecule has 1 aromatic rings. The van der Waals surface area contributed by atoms with Gasteiger partial charge >= 0.3 is 0 Å². The minimum Gasteiger partial charge on any atom is -0.485 e. The van der Waals surface area contributed by atoms with Crippen molar-refractivity contribution >= 4 is 11.6 Å². The molecule has 142 valence electrons. The molecule has 0 aromatic heterocycles. The maximum Gasteiger partial charge on any atom is 0.284 e. The normalized spacial score (nSPS) is 21.8. The van der Waals surface area contributed by atoms with Crippen LogP contribution in [0, 0.1) is 0 Å². The van der Waals surface area contributed by atoms with E-state index < -0.39 is 6.10 Å². The van der Waals surface area contributed by atoms with Crippen molar-refractivity contribution in [3.05, 3.63) is 24.3 Å². The minimum absolute atomic E-state index is 0.216. The molecule has 0 spiro atoms. The Morgan fingerprint density at radius 3 is 2.12 bits per heavy atom. The van der Waals surface area contributed by atoms with Gasteiger partial charge in [0.25, 0.3) is 5.91 Å². The Labute approximate surface area is 156 Å². The second-order valence-electron chi connectivity index (χ2n) is 7.20. The molecule has 5 heteroatoms. The molecule has 5 nitrogen and oxygen atoms in total. The van der Waals surface area contributed by atoms with Gasteiger partial charge in [-0.1, -0.05) is 57.1 Å². The van der Waals surface area contributed by atoms with E-state index in [1.807, 2.05) is 24.3 Å². The third kappa shape index (κ3) is 5.75. The largest absolute Gasteiger partial charge is 0.485 e. The number of para-hydroxylation sites is 2. The molecule has 1 saturated carbocycles. The van der Waals surface area contributed by atoms with Crippen LogP contribution in [0.25, 0.3) is 0 Å². The summed E-state index contributed by atoms with van der Waals surface area (Å²) in [7, 11) is 0. The van der Waals surface area contributed by atoms with Gasteiger partial charge in [0.2, 0.25) is 6.10 Å². The molecular weight excluding hydrogens is 328 g/mol. The first kappa shape index (κ1) is 18.7. The lowest BCUT2D eigenvalue weighted by Crippen LogP contribution is -2.42. The molecule has 0 radical (unpaired) electrons. The first-order chi connectivity index (χ1) is 12.8. The van der Waals surface area contributed by atoms with Crippen LogP contribution in [0.4, 0.5) is 0 Å². The van der Waals surface area contributed by atoms with Crippen LogP contribution < -0.4 is 14.9 Å². The molecule has 0 bridgehead atoms. The molecule has 2 aliphatic rings. The highest BCUT2D eigenvalue weighted by Crippen LogP contribution is 2.30. The Morgan fingerprint density at radius 2 is 1.46 bits per heavy atom. The first-order valence-corrected chi connectivity index (χ1v) is 10.1. The SMILES string of the molecule is O=C(NN=C1CCCCCCCCCCC1)[C@H]1COc2ccccc2O1. The molecule has 0 saturated heterocycles. The van der Waals surface area contributed by atoms with Gasteiger partial charge in [-0.05, 0) is 37.8 Å². The molecule has 1 amide bonds. The van der Waals surface area contributed by atoms with E-state index in [1.54, 1.807) is 0 Å². The van der Waals surface area contributed by atoms with Gasteiger partial charge in [0.15, 0.2) is 11.5 Å². The molecule has 1 heterocycles. The predicted molar refractivity (Wildman–Crippen MR) is 103 cm³/mol. The Hall–Kier alpha value is -2.04. The van der Waals surface area contributed by atoms with Crippen molar-refractivity contribution in [1.29, 1.82) is 0 Å². The van der Waals surface area contributed by atoms with Crippen molar-refractivity contribution in [3.63, 3.8) is 0 Å². The molecule has 1 aliphatic carbocycles. The maximum atomic E-state index is 12.4. The van der Waals surface area contributed by atoms with Crippen molar-refractivity contribution in [2.24, 2.45) is 5.10 Å². The number of amides is 1. The van der Waals surface area contributed by atoms with Crippen LogP contribution in [0.3, 0.4) is 0 Å². The van der Waals surface area contributed by atoms with Crippen LogP contribution in [0.2, 0.25) is 0 Å². The van der Waals surface area contributed by atoms with E-state index >= 15 is 0 Å². The van der Waals surface area contributed by atoms with Gasteiger partial charge in [-0.3, -0.25) is 4.79 Å². The Balaban J connectivity index is 1.52. The average molecular weight is 358 g/mol. The van der Waals surface area contributed by atoms with Gasteiger partial charge in [0, 0.05) is 5.71 Å². The fraction of sp³-hybridized carbons (Fsp3) is 0.619. The topological polar surface area (TPSA) is 59.9 Å². The van der Waals surface area contributed by atoms with Crippen molar-refractivity contribution in [1.82, 2.24) is 5.43 Å². The van der Waals surface area contributed by atoms with Crippen molar-refractivity contribution in [2.45, 2.75) is 76.7 Å². The highest BCUT2D eigenvalue weighted by Gasteiger charge is 2.27. The summed E-state index contributed by atoms with van der Waals surface area (Å²) in [5.41, 5.74) is 3.82. The molecule has 1 aliphatic heterocycles. The zero-order chi connectivity index (χ0) is 18.0. The van der Waals surface area contributed by atoms with Crippen LogP contribution >= 0.6 is 0 Å². The lowest BCUT2D eigenvalue weighted by atomic mass is 10.00. The average Bonchev–Trinajstić information content (AvgIpc) is 2.67. The van der Waals surface area contributed by atoms with Gasteiger partial charge in [0.05, 0.1) is 0 Å². The van der Waals surface area contributed by atoms with Crippen LogP contribution in [0.1, 0.15) is 70.6 Å². The summed E-state index contributed by atoms with van der Waals surface area (Å²) < 4.78 is 11.3. The molecule has 1 fully saturated rings. The molecule has 1 atom stereocenters. The number of carbonyl (C=O) groups is 1. The summed E-state index contributed by atoms with van der Waals surface area (Å²) in [6.07, 6.45) is 12.8. The summed E-state index contributed by atoms with van der Waals surface area (Å²) >= 11 is 0. The molecule has 0 unspecified atom stereocenters. The standard InChI is InChI=1S/C21H30N2O3/c24-21(20-16-25-18-14-10-11-15-19(18)26-20)23-22-17-12-8-6-4-2-1-3-5-7-9-13-17/h10-11,14-15,20H,1-9,12-13,16H2,(H,23,24)/t20-/m1/s1. The maximum absolute atomic E-state index is 12.4. The van der Waals surface area contributed by atoms with E-state index in [4.69, 9.17) is 9.47 Å². The van der Waals surface area contributed by atoms with E-state index in [0.29, 0.717) is 11.5 Å². The lowest BCUT2D eigenvalue weighted by Gasteiger charge is -2.25. The number of carbonyl (C=O) groups excluding carboxylic acids is 1. The Morgan fingerprint density at radius 1 is 0.885 bits per heavy atom. The number of rotatable bonds is 2. The smallest absolute Gasteiger partial charge is 0.284 e. The highest BCUT2D eigenvalue weighted by molar-refractivity contribution is 5.87.